The van der Waals surface area contributed by atoms with Crippen LogP contribution in [-0.2, 0) is 11.4 Å². The van der Waals surface area contributed by atoms with Gasteiger partial charge in [-0.25, -0.2) is 0 Å². The zero-order chi connectivity index (χ0) is 20.8. The molecule has 0 aromatic heterocycles. The van der Waals surface area contributed by atoms with Gasteiger partial charge in [-0.3, -0.25) is 4.79 Å². The van der Waals surface area contributed by atoms with E-state index in [9.17, 15) is 10.1 Å². The summed E-state index contributed by atoms with van der Waals surface area (Å²) >= 11 is 15.5. The fourth-order valence-electron chi connectivity index (χ4n) is 2.30. The maximum atomic E-state index is 12.0. The van der Waals surface area contributed by atoms with Crippen LogP contribution in [0, 0.1) is 11.3 Å². The number of benzene rings is 2. The van der Waals surface area contributed by atoms with Crippen molar-refractivity contribution in [1.29, 1.82) is 5.26 Å². The molecule has 0 saturated heterocycles. The summed E-state index contributed by atoms with van der Waals surface area (Å²) in [6.45, 7) is 0.211. The molecule has 2 aromatic carbocycles. The highest BCUT2D eigenvalue weighted by molar-refractivity contribution is 9.10. The largest absolute Gasteiger partial charge is 0.493 e. The molecule has 0 saturated carbocycles. The average Bonchev–Trinajstić information content (AvgIpc) is 2.65. The molecular formula is C20H17BrCl2N2O3. The van der Waals surface area contributed by atoms with Gasteiger partial charge in [0.2, 0.25) is 0 Å². The minimum atomic E-state index is -0.379. The number of carbonyl (C=O) groups is 1. The first kappa shape index (κ1) is 22.1. The lowest BCUT2D eigenvalue weighted by Crippen LogP contribution is -2.22. The predicted molar refractivity (Wildman–Crippen MR) is 114 cm³/mol. The first-order chi connectivity index (χ1) is 13.3. The van der Waals surface area contributed by atoms with Gasteiger partial charge in [0.25, 0.3) is 5.91 Å². The lowest BCUT2D eigenvalue weighted by Gasteiger charge is -2.15. The standard InChI is InChI=1S/C20H17BrCl2N2O3/c1-25(2)20(26)14(10-24)6-12-7-16(21)19(18(8-12)27-3)28-11-13-4-5-15(22)9-17(13)23/h4-9H,11H2,1-3H3/b14-6-. The number of nitriles is 1. The lowest BCUT2D eigenvalue weighted by molar-refractivity contribution is -0.124. The molecule has 0 bridgehead atoms. The van der Waals surface area contributed by atoms with Crippen LogP contribution in [0.25, 0.3) is 6.08 Å². The quantitative estimate of drug-likeness (QED) is 0.411. The summed E-state index contributed by atoms with van der Waals surface area (Å²) in [5, 5.41) is 10.3. The van der Waals surface area contributed by atoms with Crippen molar-refractivity contribution in [2.75, 3.05) is 21.2 Å². The number of nitrogens with zero attached hydrogens (tertiary/aromatic N) is 2. The van der Waals surface area contributed by atoms with E-state index in [-0.39, 0.29) is 18.1 Å². The second-order valence-electron chi connectivity index (χ2n) is 5.93. The van der Waals surface area contributed by atoms with E-state index in [0.717, 1.165) is 5.56 Å². The Kier molecular flexibility index (Phi) is 7.76. The summed E-state index contributed by atoms with van der Waals surface area (Å²) in [4.78, 5) is 13.4. The van der Waals surface area contributed by atoms with Crippen LogP contribution >= 0.6 is 39.1 Å². The summed E-state index contributed by atoms with van der Waals surface area (Å²) in [6.07, 6.45) is 1.50. The molecule has 0 radical (unpaired) electrons. The van der Waals surface area contributed by atoms with Gasteiger partial charge < -0.3 is 14.4 Å². The Morgan fingerprint density at radius 2 is 2.00 bits per heavy atom. The molecule has 0 unspecified atom stereocenters. The first-order valence-electron chi connectivity index (χ1n) is 8.04. The van der Waals surface area contributed by atoms with E-state index >= 15 is 0 Å². The highest BCUT2D eigenvalue weighted by atomic mass is 79.9. The Morgan fingerprint density at radius 1 is 1.29 bits per heavy atom. The number of ether oxygens (including phenoxy) is 2. The third kappa shape index (κ3) is 5.41. The maximum absolute atomic E-state index is 12.0. The first-order valence-corrected chi connectivity index (χ1v) is 9.59. The number of hydrogen-bond acceptors (Lipinski definition) is 4. The van der Waals surface area contributed by atoms with Gasteiger partial charge >= 0.3 is 0 Å². The van der Waals surface area contributed by atoms with Gasteiger partial charge in [-0.1, -0.05) is 29.3 Å². The second kappa shape index (κ2) is 9.83. The predicted octanol–water partition coefficient (Wildman–Crippen LogP) is 5.34. The fraction of sp³-hybridized carbons (Fsp3) is 0.200. The van der Waals surface area contributed by atoms with E-state index in [4.69, 9.17) is 32.7 Å². The summed E-state index contributed by atoms with van der Waals surface area (Å²) < 4.78 is 11.9. The summed E-state index contributed by atoms with van der Waals surface area (Å²) in [5.74, 6) is 0.540. The Hall–Kier alpha value is -2.20. The normalized spacial score (nSPS) is 11.0. The van der Waals surface area contributed by atoms with Crippen LogP contribution < -0.4 is 9.47 Å². The zero-order valence-corrected chi connectivity index (χ0v) is 18.5. The molecule has 0 aliphatic carbocycles. The summed E-state index contributed by atoms with van der Waals surface area (Å²) in [7, 11) is 4.68. The average molecular weight is 484 g/mol. The summed E-state index contributed by atoms with van der Waals surface area (Å²) in [6, 6.07) is 10.5. The number of carbonyl (C=O) groups excluding carboxylic acids is 1. The smallest absolute Gasteiger partial charge is 0.264 e. The van der Waals surface area contributed by atoms with Crippen molar-refractivity contribution in [1.82, 2.24) is 4.90 Å². The van der Waals surface area contributed by atoms with Gasteiger partial charge in [-0.05, 0) is 51.8 Å². The minimum Gasteiger partial charge on any atom is -0.493 e. The number of rotatable bonds is 6. The van der Waals surface area contributed by atoms with Crippen LogP contribution in [0.2, 0.25) is 10.0 Å². The lowest BCUT2D eigenvalue weighted by atomic mass is 10.1. The van der Waals surface area contributed by atoms with E-state index in [1.807, 2.05) is 6.07 Å². The topological polar surface area (TPSA) is 62.6 Å². The van der Waals surface area contributed by atoms with Gasteiger partial charge in [0.05, 0.1) is 11.6 Å². The number of amides is 1. The van der Waals surface area contributed by atoms with Crippen LogP contribution in [0.15, 0.2) is 40.4 Å². The number of likely N-dealkylation sites (N-methyl/N-ethyl adjacent to an activating group) is 1. The Morgan fingerprint density at radius 3 is 2.57 bits per heavy atom. The molecular weight excluding hydrogens is 467 g/mol. The van der Waals surface area contributed by atoms with Crippen molar-refractivity contribution in [2.45, 2.75) is 6.61 Å². The molecule has 0 aliphatic rings. The van der Waals surface area contributed by atoms with E-state index in [2.05, 4.69) is 15.9 Å². The van der Waals surface area contributed by atoms with Crippen molar-refractivity contribution in [2.24, 2.45) is 0 Å². The zero-order valence-electron chi connectivity index (χ0n) is 15.4. The molecule has 0 fully saturated rings. The number of methoxy groups -OCH3 is 1. The van der Waals surface area contributed by atoms with E-state index < -0.39 is 0 Å². The van der Waals surface area contributed by atoms with Crippen molar-refractivity contribution < 1.29 is 14.3 Å². The van der Waals surface area contributed by atoms with Gasteiger partial charge in [0.15, 0.2) is 11.5 Å². The maximum Gasteiger partial charge on any atom is 0.264 e. The van der Waals surface area contributed by atoms with E-state index in [1.165, 1.54) is 18.1 Å². The van der Waals surface area contributed by atoms with Crippen molar-refractivity contribution in [3.63, 3.8) is 0 Å². The van der Waals surface area contributed by atoms with Crippen LogP contribution in [0.1, 0.15) is 11.1 Å². The molecule has 0 aliphatic heterocycles. The van der Waals surface area contributed by atoms with Gasteiger partial charge in [-0.15, -0.1) is 0 Å². The van der Waals surface area contributed by atoms with Gasteiger partial charge in [-0.2, -0.15) is 5.26 Å². The highest BCUT2D eigenvalue weighted by Gasteiger charge is 2.15. The van der Waals surface area contributed by atoms with E-state index in [0.29, 0.717) is 31.6 Å². The van der Waals surface area contributed by atoms with Crippen LogP contribution in [-0.4, -0.2) is 32.0 Å². The molecule has 0 heterocycles. The molecule has 146 valence electrons. The van der Waals surface area contributed by atoms with Crippen LogP contribution in [0.3, 0.4) is 0 Å². The number of halogens is 3. The molecule has 0 atom stereocenters. The summed E-state index contributed by atoms with van der Waals surface area (Å²) in [5.41, 5.74) is 1.40. The molecule has 0 spiro atoms. The fourth-order valence-corrected chi connectivity index (χ4v) is 3.34. The highest BCUT2D eigenvalue weighted by Crippen LogP contribution is 2.38. The monoisotopic (exact) mass is 482 g/mol. The van der Waals surface area contributed by atoms with Crippen molar-refractivity contribution >= 4 is 51.1 Å². The van der Waals surface area contributed by atoms with Crippen molar-refractivity contribution in [3.05, 3.63) is 61.5 Å². The van der Waals surface area contributed by atoms with Crippen molar-refractivity contribution in [3.8, 4) is 17.6 Å². The third-order valence-corrected chi connectivity index (χ3v) is 4.88. The minimum absolute atomic E-state index is 0.0144. The van der Waals surface area contributed by atoms with Crippen LogP contribution in [0.5, 0.6) is 11.5 Å². The molecule has 8 heteroatoms. The third-order valence-electron chi connectivity index (χ3n) is 3.71. The molecule has 5 nitrogen and oxygen atoms in total. The molecule has 0 N–H and O–H groups in total. The molecule has 2 rings (SSSR count). The Bertz CT molecular complexity index is 969. The molecule has 1 amide bonds. The molecule has 28 heavy (non-hydrogen) atoms. The second-order valence-corrected chi connectivity index (χ2v) is 7.63. The molecule has 2 aromatic rings. The number of hydrogen-bond donors (Lipinski definition) is 0. The SMILES string of the molecule is COc1cc(/C=C(/C#N)C(=O)N(C)C)cc(Br)c1OCc1ccc(Cl)cc1Cl. The van der Waals surface area contributed by atoms with Crippen LogP contribution in [0.4, 0.5) is 0 Å². The van der Waals surface area contributed by atoms with Gasteiger partial charge in [0, 0.05) is 29.7 Å². The van der Waals surface area contributed by atoms with Gasteiger partial charge in [0.1, 0.15) is 18.2 Å². The Balaban J connectivity index is 2.33. The van der Waals surface area contributed by atoms with E-state index in [1.54, 1.807) is 44.4 Å². The Labute approximate surface area is 182 Å².